The summed E-state index contributed by atoms with van der Waals surface area (Å²) in [7, 11) is 1.46. The number of carbonyl (C=O) groups is 1. The highest BCUT2D eigenvalue weighted by Crippen LogP contribution is 2.29. The van der Waals surface area contributed by atoms with Crippen LogP contribution in [0.3, 0.4) is 0 Å². The largest absolute Gasteiger partial charge is 0.493 e. The second-order valence-electron chi connectivity index (χ2n) is 2.19. The van der Waals surface area contributed by atoms with E-state index in [-0.39, 0.29) is 12.3 Å². The first-order valence-electron chi connectivity index (χ1n) is 3.43. The highest BCUT2D eigenvalue weighted by atomic mass is 32.2. The highest BCUT2D eigenvalue weighted by molar-refractivity contribution is 7.89. The van der Waals surface area contributed by atoms with Crippen LogP contribution in [-0.2, 0) is 0 Å². The first-order chi connectivity index (χ1) is 6.31. The predicted molar refractivity (Wildman–Crippen MR) is 49.2 cm³/mol. The van der Waals surface area contributed by atoms with Crippen LogP contribution in [0.15, 0.2) is 18.2 Å². The molecule has 0 atom stereocenters. The first kappa shape index (κ1) is 9.88. The van der Waals surface area contributed by atoms with Gasteiger partial charge in [-0.1, -0.05) is 0 Å². The van der Waals surface area contributed by atoms with Gasteiger partial charge in [0.25, 0.3) is 0 Å². The smallest absolute Gasteiger partial charge is 0.222 e. The average molecular weight is 200 g/mol. The maximum atomic E-state index is 10.4. The molecule has 0 unspecified atom stereocenters. The molecule has 0 radical (unpaired) electrons. The van der Waals surface area contributed by atoms with Gasteiger partial charge in [0.15, 0.2) is 11.5 Å². The van der Waals surface area contributed by atoms with Gasteiger partial charge in [-0.3, -0.25) is 9.35 Å². The Hall–Kier alpha value is -1.20. The van der Waals surface area contributed by atoms with Crippen molar-refractivity contribution in [1.82, 2.24) is 0 Å². The third-order valence-electron chi connectivity index (χ3n) is 1.45. The van der Waals surface area contributed by atoms with Crippen LogP contribution in [0.25, 0.3) is 0 Å². The van der Waals surface area contributed by atoms with E-state index in [0.29, 0.717) is 23.3 Å². The lowest BCUT2D eigenvalue weighted by Crippen LogP contribution is -1.90. The maximum Gasteiger partial charge on any atom is 0.222 e. The average Bonchev–Trinajstić information content (AvgIpc) is 2.19. The third-order valence-corrected chi connectivity index (χ3v) is 1.70. The minimum absolute atomic E-state index is 0.229. The molecule has 0 bridgehead atoms. The topological polar surface area (TPSA) is 55.8 Å². The van der Waals surface area contributed by atoms with Gasteiger partial charge < -0.3 is 8.92 Å². The number of rotatable bonds is 4. The lowest BCUT2D eigenvalue weighted by atomic mass is 10.2. The molecule has 0 spiro atoms. The van der Waals surface area contributed by atoms with E-state index in [2.05, 4.69) is 0 Å². The van der Waals surface area contributed by atoms with Gasteiger partial charge in [0.05, 0.1) is 7.11 Å². The number of carbonyl (C=O) groups excluding carboxylic acids is 1. The van der Waals surface area contributed by atoms with Gasteiger partial charge >= 0.3 is 0 Å². The molecule has 0 amide bonds. The van der Waals surface area contributed by atoms with E-state index in [1.165, 1.54) is 13.2 Å². The number of methoxy groups -OCH3 is 1. The summed E-state index contributed by atoms with van der Waals surface area (Å²) in [5, 5.41) is 0. The molecule has 70 valence electrons. The Morgan fingerprint density at radius 3 is 2.77 bits per heavy atom. The fourth-order valence-corrected chi connectivity index (χ4v) is 1.08. The molecule has 1 aromatic carbocycles. The van der Waals surface area contributed by atoms with Crippen molar-refractivity contribution in [3.8, 4) is 11.5 Å². The fourth-order valence-electron chi connectivity index (χ4n) is 0.866. The Kier molecular flexibility index (Phi) is 3.60. The van der Waals surface area contributed by atoms with Gasteiger partial charge in [0.1, 0.15) is 6.29 Å². The number of ether oxygens (including phenoxy) is 1. The van der Waals surface area contributed by atoms with Crippen LogP contribution in [0, 0.1) is 0 Å². The van der Waals surface area contributed by atoms with Crippen molar-refractivity contribution in [2.45, 2.75) is 0 Å². The zero-order valence-electron chi connectivity index (χ0n) is 6.89. The number of hydrogen-bond donors (Lipinski definition) is 1. The Balaban J connectivity index is 3.00. The van der Waals surface area contributed by atoms with Crippen molar-refractivity contribution in [3.05, 3.63) is 23.8 Å². The predicted octanol–water partition coefficient (Wildman–Crippen LogP) is 2.01. The van der Waals surface area contributed by atoms with Crippen LogP contribution in [-0.4, -0.2) is 17.9 Å². The van der Waals surface area contributed by atoms with Gasteiger partial charge in [-0.15, -0.1) is 0 Å². The molecule has 0 saturated carbocycles. The van der Waals surface area contributed by atoms with Gasteiger partial charge in [-0.2, -0.15) is 0 Å². The Morgan fingerprint density at radius 2 is 2.23 bits per heavy atom. The molecular weight excluding hydrogens is 192 g/mol. The van der Waals surface area contributed by atoms with E-state index >= 15 is 0 Å². The van der Waals surface area contributed by atoms with Crippen molar-refractivity contribution in [1.29, 1.82) is 0 Å². The summed E-state index contributed by atoms with van der Waals surface area (Å²) in [5.41, 5.74) is 0.493. The Bertz CT molecular complexity index is 300. The lowest BCUT2D eigenvalue weighted by Gasteiger charge is -2.06. The Morgan fingerprint density at radius 1 is 1.46 bits per heavy atom. The summed E-state index contributed by atoms with van der Waals surface area (Å²) in [4.78, 5) is 10.4. The lowest BCUT2D eigenvalue weighted by molar-refractivity contribution is 0.112. The van der Waals surface area contributed by atoms with Crippen LogP contribution in [0.5, 0.6) is 11.5 Å². The standard InChI is InChI=1S/C8H8O4S/c1-11-8-4-6(5-9)2-3-7(8)12-13-10/h2-5,10H,1H3. The van der Waals surface area contributed by atoms with Gasteiger partial charge in [-0.05, 0) is 18.2 Å². The maximum absolute atomic E-state index is 10.4. The zero-order valence-corrected chi connectivity index (χ0v) is 7.71. The van der Waals surface area contributed by atoms with Crippen molar-refractivity contribution in [2.75, 3.05) is 7.11 Å². The minimum atomic E-state index is 0.229. The van der Waals surface area contributed by atoms with Crippen molar-refractivity contribution < 1.29 is 18.3 Å². The van der Waals surface area contributed by atoms with Crippen molar-refractivity contribution in [2.24, 2.45) is 0 Å². The number of hydrogen-bond acceptors (Lipinski definition) is 5. The van der Waals surface area contributed by atoms with Crippen LogP contribution in [0.2, 0.25) is 0 Å². The molecule has 1 aromatic rings. The summed E-state index contributed by atoms with van der Waals surface area (Å²) < 4.78 is 18.1. The molecule has 0 fully saturated rings. The van der Waals surface area contributed by atoms with Crippen molar-refractivity contribution in [3.63, 3.8) is 0 Å². The molecular formula is C8H8O4S. The van der Waals surface area contributed by atoms with Crippen LogP contribution < -0.4 is 8.92 Å². The summed E-state index contributed by atoms with van der Waals surface area (Å²) in [5.74, 6) is 0.784. The molecule has 0 aromatic heterocycles. The van der Waals surface area contributed by atoms with E-state index in [0.717, 1.165) is 0 Å². The second-order valence-corrected chi connectivity index (χ2v) is 2.50. The van der Waals surface area contributed by atoms with Gasteiger partial charge in [0, 0.05) is 5.56 Å². The molecule has 0 heterocycles. The van der Waals surface area contributed by atoms with E-state index in [9.17, 15) is 4.79 Å². The fraction of sp³-hybridized carbons (Fsp3) is 0.125. The third kappa shape index (κ3) is 2.37. The van der Waals surface area contributed by atoms with E-state index in [1.807, 2.05) is 0 Å². The normalized spacial score (nSPS) is 9.38. The zero-order chi connectivity index (χ0) is 9.68. The second kappa shape index (κ2) is 4.74. The monoisotopic (exact) mass is 200 g/mol. The highest BCUT2D eigenvalue weighted by Gasteiger charge is 2.05. The summed E-state index contributed by atoms with van der Waals surface area (Å²) in [6, 6.07) is 4.64. The molecule has 5 heteroatoms. The molecule has 13 heavy (non-hydrogen) atoms. The molecule has 1 rings (SSSR count). The molecule has 0 saturated heterocycles. The summed E-state index contributed by atoms with van der Waals surface area (Å²) in [6.07, 6.45) is 0.707. The summed E-state index contributed by atoms with van der Waals surface area (Å²) in [6.45, 7) is 0. The van der Waals surface area contributed by atoms with Gasteiger partial charge in [-0.25, -0.2) is 0 Å². The number of aldehydes is 1. The van der Waals surface area contributed by atoms with E-state index in [4.69, 9.17) is 13.5 Å². The Labute approximate surface area is 79.9 Å². The van der Waals surface area contributed by atoms with Crippen LogP contribution >= 0.6 is 12.3 Å². The quantitative estimate of drug-likeness (QED) is 0.595. The van der Waals surface area contributed by atoms with Crippen LogP contribution in [0.1, 0.15) is 10.4 Å². The minimum Gasteiger partial charge on any atom is -0.493 e. The summed E-state index contributed by atoms with van der Waals surface area (Å²) >= 11 is 0.229. The SMILES string of the molecule is COc1cc(C=O)ccc1OSO. The van der Waals surface area contributed by atoms with E-state index in [1.54, 1.807) is 12.1 Å². The van der Waals surface area contributed by atoms with Crippen molar-refractivity contribution >= 4 is 18.6 Å². The molecule has 0 aliphatic carbocycles. The number of benzene rings is 1. The van der Waals surface area contributed by atoms with Crippen LogP contribution in [0.4, 0.5) is 0 Å². The van der Waals surface area contributed by atoms with E-state index < -0.39 is 0 Å². The van der Waals surface area contributed by atoms with Gasteiger partial charge in [0.2, 0.25) is 12.3 Å². The molecule has 4 nitrogen and oxygen atoms in total. The first-order valence-corrected chi connectivity index (χ1v) is 4.13. The molecule has 1 N–H and O–H groups in total. The molecule has 0 aliphatic heterocycles. The molecule has 0 aliphatic rings.